The van der Waals surface area contributed by atoms with E-state index < -0.39 is 29.9 Å². The second-order valence-corrected chi connectivity index (χ2v) is 9.47. The lowest BCUT2D eigenvalue weighted by Gasteiger charge is -2.20. The molecule has 2 atom stereocenters. The van der Waals surface area contributed by atoms with Crippen LogP contribution >= 0.6 is 22.9 Å². The number of hydrogen-bond donors (Lipinski definition) is 3. The molecule has 166 valence electrons. The molecule has 2 aromatic heterocycles. The highest BCUT2D eigenvalue weighted by atomic mass is 35.5. The lowest BCUT2D eigenvalue weighted by Crippen LogP contribution is -2.52. The number of halogens is 1. The van der Waals surface area contributed by atoms with Crippen LogP contribution in [0.1, 0.15) is 30.9 Å². The summed E-state index contributed by atoms with van der Waals surface area (Å²) in [5, 5.41) is 7.13. The monoisotopic (exact) mass is 473 g/mol. The summed E-state index contributed by atoms with van der Waals surface area (Å²) in [6.07, 6.45) is 0.787. The molecule has 32 heavy (non-hydrogen) atoms. The van der Waals surface area contributed by atoms with Gasteiger partial charge in [-0.2, -0.15) is 0 Å². The molecule has 2 aliphatic heterocycles. The second kappa shape index (κ2) is 8.19. The number of likely N-dealkylation sites (N-methyl/N-ethyl adjacent to an activating group) is 1. The summed E-state index contributed by atoms with van der Waals surface area (Å²) in [6, 6.07) is 5.25. The number of nitrogens with zero attached hydrogens (tertiary/aromatic N) is 2. The van der Waals surface area contributed by atoms with Crippen molar-refractivity contribution in [3.05, 3.63) is 50.6 Å². The number of fused-ring (bicyclic) bond motifs is 2. The van der Waals surface area contributed by atoms with E-state index in [0.717, 1.165) is 41.0 Å². The first-order valence-electron chi connectivity index (χ1n) is 10.1. The molecule has 1 saturated heterocycles. The van der Waals surface area contributed by atoms with Crippen LogP contribution < -0.4 is 10.6 Å². The maximum atomic E-state index is 12.8. The van der Waals surface area contributed by atoms with Crippen molar-refractivity contribution >= 4 is 51.6 Å². The third-order valence-electron chi connectivity index (χ3n) is 5.61. The Morgan fingerprint density at radius 1 is 1.28 bits per heavy atom. The number of aromatic nitrogens is 2. The van der Waals surface area contributed by atoms with Gasteiger partial charge in [-0.15, -0.1) is 11.3 Å². The summed E-state index contributed by atoms with van der Waals surface area (Å²) >= 11 is 7.33. The number of amides is 2. The zero-order chi connectivity index (χ0) is 22.4. The smallest absolute Gasteiger partial charge is 0.331 e. The van der Waals surface area contributed by atoms with Crippen LogP contribution in [0.2, 0.25) is 5.02 Å². The third kappa shape index (κ3) is 3.96. The molecule has 3 N–H and O–H groups in total. The zero-order valence-corrected chi connectivity index (χ0v) is 18.7. The second-order valence-electron chi connectivity index (χ2n) is 7.95. The van der Waals surface area contributed by atoms with Crippen molar-refractivity contribution in [3.63, 3.8) is 0 Å². The lowest BCUT2D eigenvalue weighted by atomic mass is 10.1. The van der Waals surface area contributed by atoms with E-state index in [4.69, 9.17) is 16.3 Å². The minimum absolute atomic E-state index is 0.0270. The Labute approximate surface area is 192 Å². The highest BCUT2D eigenvalue weighted by Gasteiger charge is 2.40. The molecule has 1 aromatic carbocycles. The topological polar surface area (TPSA) is 116 Å². The molecular formula is C21H20ClN5O4S. The molecule has 4 heterocycles. The number of rotatable bonds is 4. The average molecular weight is 474 g/mol. The highest BCUT2D eigenvalue weighted by Crippen LogP contribution is 2.25. The maximum absolute atomic E-state index is 12.8. The van der Waals surface area contributed by atoms with Crippen molar-refractivity contribution in [2.24, 2.45) is 0 Å². The highest BCUT2D eigenvalue weighted by molar-refractivity contribution is 7.13. The van der Waals surface area contributed by atoms with Gasteiger partial charge in [0.05, 0.1) is 11.7 Å². The maximum Gasteiger partial charge on any atom is 0.331 e. The van der Waals surface area contributed by atoms with E-state index >= 15 is 0 Å². The number of aromatic amines is 1. The third-order valence-corrected chi connectivity index (χ3v) is 6.92. The lowest BCUT2D eigenvalue weighted by molar-refractivity contribution is -0.139. The Hall–Kier alpha value is -2.95. The molecule has 0 radical (unpaired) electrons. The molecule has 2 unspecified atom stereocenters. The fourth-order valence-electron chi connectivity index (χ4n) is 3.90. The van der Waals surface area contributed by atoms with Crippen molar-refractivity contribution < 1.29 is 19.1 Å². The minimum Gasteiger partial charge on any atom is -0.462 e. The molecular weight excluding hydrogens is 454 g/mol. The van der Waals surface area contributed by atoms with Gasteiger partial charge in [0, 0.05) is 40.3 Å². The Balaban J connectivity index is 1.29. The van der Waals surface area contributed by atoms with Crippen molar-refractivity contribution in [2.75, 3.05) is 20.2 Å². The number of thiazole rings is 1. The number of cyclic esters (lactones) is 1. The van der Waals surface area contributed by atoms with Gasteiger partial charge in [-0.3, -0.25) is 9.59 Å². The first kappa shape index (κ1) is 20.9. The number of carbonyl (C=O) groups excluding carboxylic acids is 3. The van der Waals surface area contributed by atoms with Crippen LogP contribution in [0, 0.1) is 0 Å². The van der Waals surface area contributed by atoms with E-state index in [1.54, 1.807) is 24.3 Å². The number of ether oxygens (including phenoxy) is 1. The van der Waals surface area contributed by atoms with Gasteiger partial charge in [-0.05, 0) is 31.3 Å². The first-order chi connectivity index (χ1) is 15.4. The normalized spacial score (nSPS) is 20.8. The minimum atomic E-state index is -0.992. The van der Waals surface area contributed by atoms with Gasteiger partial charge in [-0.1, -0.05) is 11.6 Å². The van der Waals surface area contributed by atoms with Crippen LogP contribution in [-0.2, 0) is 22.5 Å². The quantitative estimate of drug-likeness (QED) is 0.497. The number of H-pyrrole nitrogens is 1. The van der Waals surface area contributed by atoms with E-state index in [-0.39, 0.29) is 6.61 Å². The van der Waals surface area contributed by atoms with Crippen LogP contribution in [0.15, 0.2) is 24.3 Å². The van der Waals surface area contributed by atoms with Gasteiger partial charge in [0.25, 0.3) is 11.8 Å². The largest absolute Gasteiger partial charge is 0.462 e. The van der Waals surface area contributed by atoms with Crippen molar-refractivity contribution in [2.45, 2.75) is 25.0 Å². The summed E-state index contributed by atoms with van der Waals surface area (Å²) in [7, 11) is 2.02. The first-order valence-corrected chi connectivity index (χ1v) is 11.3. The van der Waals surface area contributed by atoms with Crippen molar-refractivity contribution in [1.29, 1.82) is 0 Å². The summed E-state index contributed by atoms with van der Waals surface area (Å²) in [4.78, 5) is 48.5. The van der Waals surface area contributed by atoms with Gasteiger partial charge >= 0.3 is 5.97 Å². The Morgan fingerprint density at radius 2 is 2.12 bits per heavy atom. The molecule has 11 heteroatoms. The molecule has 0 spiro atoms. The van der Waals surface area contributed by atoms with Crippen LogP contribution in [0.25, 0.3) is 10.9 Å². The molecule has 3 aromatic rings. The number of benzene rings is 1. The summed E-state index contributed by atoms with van der Waals surface area (Å²) in [6.45, 7) is 1.61. The number of nitrogens with one attached hydrogen (secondary N) is 3. The Morgan fingerprint density at radius 3 is 2.97 bits per heavy atom. The standard InChI is InChI=1S/C21H20ClN5O4S/c1-27-5-4-13-16(8-27)32-20(25-13)19(29)26-17-15(9-31-21(17)30)24-18(28)14-7-10-6-11(22)2-3-12(10)23-14/h2-3,6-7,15,17,23H,4-5,8-9H2,1H3,(H,24,28)(H,26,29). The van der Waals surface area contributed by atoms with Crippen molar-refractivity contribution in [1.82, 2.24) is 25.5 Å². The average Bonchev–Trinajstić information content (AvgIpc) is 3.45. The van der Waals surface area contributed by atoms with E-state index in [9.17, 15) is 14.4 Å². The molecule has 1 fully saturated rings. The zero-order valence-electron chi connectivity index (χ0n) is 17.1. The summed E-state index contributed by atoms with van der Waals surface area (Å²) in [5.74, 6) is -1.45. The fraction of sp³-hybridized carbons (Fsp3) is 0.333. The summed E-state index contributed by atoms with van der Waals surface area (Å²) in [5.41, 5.74) is 2.01. The molecule has 0 saturated carbocycles. The predicted molar refractivity (Wildman–Crippen MR) is 119 cm³/mol. The van der Waals surface area contributed by atoms with Crippen LogP contribution in [-0.4, -0.2) is 64.9 Å². The molecule has 2 aliphatic rings. The van der Waals surface area contributed by atoms with Gasteiger partial charge in [-0.25, -0.2) is 9.78 Å². The van der Waals surface area contributed by atoms with Gasteiger partial charge in [0.15, 0.2) is 11.0 Å². The van der Waals surface area contributed by atoms with Crippen LogP contribution in [0.3, 0.4) is 0 Å². The number of hydrogen-bond acceptors (Lipinski definition) is 7. The molecule has 2 amide bonds. The number of carbonyl (C=O) groups is 3. The molecule has 0 aliphatic carbocycles. The molecule has 5 rings (SSSR count). The van der Waals surface area contributed by atoms with E-state index in [1.165, 1.54) is 11.3 Å². The molecule has 9 nitrogen and oxygen atoms in total. The van der Waals surface area contributed by atoms with Crippen molar-refractivity contribution in [3.8, 4) is 0 Å². The predicted octanol–water partition coefficient (Wildman–Crippen LogP) is 1.72. The Kier molecular flexibility index (Phi) is 5.36. The fourth-order valence-corrected chi connectivity index (χ4v) is 5.17. The van der Waals surface area contributed by atoms with Crippen LogP contribution in [0.4, 0.5) is 0 Å². The Bertz CT molecular complexity index is 1240. The van der Waals surface area contributed by atoms with E-state index in [0.29, 0.717) is 15.7 Å². The summed E-state index contributed by atoms with van der Waals surface area (Å²) < 4.78 is 5.10. The number of esters is 1. The van der Waals surface area contributed by atoms with E-state index in [2.05, 4.69) is 25.5 Å². The SMILES string of the molecule is CN1CCc2nc(C(=O)NC3C(=O)OCC3NC(=O)c3cc4cc(Cl)ccc4[nH]3)sc2C1. The molecule has 0 bridgehead atoms. The van der Waals surface area contributed by atoms with Gasteiger partial charge < -0.3 is 25.3 Å². The van der Waals surface area contributed by atoms with E-state index in [1.807, 2.05) is 7.05 Å². The van der Waals surface area contributed by atoms with Gasteiger partial charge in [0.1, 0.15) is 12.3 Å². The van der Waals surface area contributed by atoms with Crippen LogP contribution in [0.5, 0.6) is 0 Å². The van der Waals surface area contributed by atoms with Gasteiger partial charge in [0.2, 0.25) is 0 Å².